The van der Waals surface area contributed by atoms with Crippen molar-refractivity contribution < 1.29 is 14.3 Å². The van der Waals surface area contributed by atoms with Crippen LogP contribution in [0.2, 0.25) is 0 Å². The first-order chi connectivity index (χ1) is 14.8. The van der Waals surface area contributed by atoms with Crippen molar-refractivity contribution in [3.63, 3.8) is 0 Å². The normalized spacial score (nSPS) is 11.9. The minimum Gasteiger partial charge on any atom is -0.483 e. The van der Waals surface area contributed by atoms with E-state index in [1.807, 2.05) is 87.5 Å². The summed E-state index contributed by atoms with van der Waals surface area (Å²) in [7, 11) is 0. The van der Waals surface area contributed by atoms with Gasteiger partial charge in [-0.2, -0.15) is 0 Å². The van der Waals surface area contributed by atoms with Crippen LogP contribution in [-0.4, -0.2) is 35.4 Å². The number of nitrogens with one attached hydrogen (secondary N) is 1. The standard InChI is InChI=1S/C26H30N2O3/c1-18(2)27-26(30)20(4)28(16-21-14-12-19(3)13-15-21)25(29)17-31-24-11-7-9-22-8-5-6-10-23(22)24/h5-15,18,20H,16-17H2,1-4H3,(H,27,30)/t20-/m0/s1. The first kappa shape index (κ1) is 22.3. The SMILES string of the molecule is Cc1ccc(CN(C(=O)COc2cccc3ccccc23)[C@@H](C)C(=O)NC(C)C)cc1. The molecule has 0 aliphatic carbocycles. The number of rotatable bonds is 8. The minimum absolute atomic E-state index is 0.00166. The van der Waals surface area contributed by atoms with Crippen LogP contribution < -0.4 is 10.1 Å². The molecule has 0 saturated carbocycles. The van der Waals surface area contributed by atoms with Gasteiger partial charge in [-0.1, -0.05) is 66.2 Å². The molecule has 0 aliphatic heterocycles. The summed E-state index contributed by atoms with van der Waals surface area (Å²) >= 11 is 0. The van der Waals surface area contributed by atoms with E-state index in [2.05, 4.69) is 5.32 Å². The Morgan fingerprint density at radius 1 is 0.935 bits per heavy atom. The molecule has 0 heterocycles. The van der Waals surface area contributed by atoms with Crippen LogP contribution in [0.1, 0.15) is 31.9 Å². The van der Waals surface area contributed by atoms with Crippen LogP contribution in [0.25, 0.3) is 10.8 Å². The third-order valence-corrected chi connectivity index (χ3v) is 5.17. The molecule has 0 spiro atoms. The number of amides is 2. The number of hydrogen-bond donors (Lipinski definition) is 1. The molecule has 162 valence electrons. The minimum atomic E-state index is -0.618. The fourth-order valence-electron chi connectivity index (χ4n) is 3.42. The number of ether oxygens (including phenoxy) is 1. The highest BCUT2D eigenvalue weighted by atomic mass is 16.5. The Bertz CT molecular complexity index is 1040. The Hall–Kier alpha value is -3.34. The van der Waals surface area contributed by atoms with Crippen molar-refractivity contribution in [3.05, 3.63) is 77.9 Å². The van der Waals surface area contributed by atoms with Gasteiger partial charge in [0.2, 0.25) is 5.91 Å². The second kappa shape index (κ2) is 10.1. The van der Waals surface area contributed by atoms with Gasteiger partial charge < -0.3 is 15.0 Å². The molecule has 0 saturated heterocycles. The summed E-state index contributed by atoms with van der Waals surface area (Å²) in [6.45, 7) is 7.77. The van der Waals surface area contributed by atoms with Crippen LogP contribution >= 0.6 is 0 Å². The van der Waals surface area contributed by atoms with Gasteiger partial charge in [0.25, 0.3) is 5.91 Å². The van der Waals surface area contributed by atoms with Gasteiger partial charge in [0.1, 0.15) is 11.8 Å². The summed E-state index contributed by atoms with van der Waals surface area (Å²) in [5.74, 6) is 0.238. The van der Waals surface area contributed by atoms with Crippen molar-refractivity contribution in [3.8, 4) is 5.75 Å². The Morgan fingerprint density at radius 3 is 2.32 bits per heavy atom. The van der Waals surface area contributed by atoms with Gasteiger partial charge >= 0.3 is 0 Å². The zero-order chi connectivity index (χ0) is 22.4. The van der Waals surface area contributed by atoms with Crippen molar-refractivity contribution in [2.75, 3.05) is 6.61 Å². The van der Waals surface area contributed by atoms with E-state index in [1.165, 1.54) is 0 Å². The van der Waals surface area contributed by atoms with Crippen molar-refractivity contribution in [2.45, 2.75) is 46.3 Å². The molecule has 1 atom stereocenters. The van der Waals surface area contributed by atoms with Crippen LogP contribution in [0.5, 0.6) is 5.75 Å². The Labute approximate surface area is 184 Å². The summed E-state index contributed by atoms with van der Waals surface area (Å²) in [5.41, 5.74) is 2.11. The Morgan fingerprint density at radius 2 is 1.61 bits per heavy atom. The largest absolute Gasteiger partial charge is 0.483 e. The van der Waals surface area contributed by atoms with Gasteiger partial charge in [0, 0.05) is 18.0 Å². The summed E-state index contributed by atoms with van der Waals surface area (Å²) < 4.78 is 5.91. The number of benzene rings is 3. The monoisotopic (exact) mass is 418 g/mol. The molecule has 1 N–H and O–H groups in total. The summed E-state index contributed by atoms with van der Waals surface area (Å²) in [6, 6.07) is 21.0. The molecule has 0 fully saturated rings. The zero-order valence-corrected chi connectivity index (χ0v) is 18.6. The van der Waals surface area contributed by atoms with Gasteiger partial charge in [0.05, 0.1) is 0 Å². The molecule has 3 aromatic carbocycles. The summed E-state index contributed by atoms with van der Waals surface area (Å²) in [6.07, 6.45) is 0. The molecular weight excluding hydrogens is 388 g/mol. The van der Waals surface area contributed by atoms with E-state index in [0.717, 1.165) is 21.9 Å². The van der Waals surface area contributed by atoms with Crippen LogP contribution in [0, 0.1) is 6.92 Å². The van der Waals surface area contributed by atoms with Crippen LogP contribution in [0.3, 0.4) is 0 Å². The van der Waals surface area contributed by atoms with Crippen molar-refractivity contribution in [2.24, 2.45) is 0 Å². The molecule has 0 bridgehead atoms. The van der Waals surface area contributed by atoms with E-state index < -0.39 is 6.04 Å². The highest BCUT2D eigenvalue weighted by Crippen LogP contribution is 2.25. The highest BCUT2D eigenvalue weighted by Gasteiger charge is 2.27. The molecule has 5 nitrogen and oxygen atoms in total. The van der Waals surface area contributed by atoms with Gasteiger partial charge in [0.15, 0.2) is 6.61 Å². The second-order valence-electron chi connectivity index (χ2n) is 8.11. The van der Waals surface area contributed by atoms with Crippen molar-refractivity contribution in [1.82, 2.24) is 10.2 Å². The lowest BCUT2D eigenvalue weighted by molar-refractivity contribution is -0.142. The van der Waals surface area contributed by atoms with E-state index in [0.29, 0.717) is 12.3 Å². The van der Waals surface area contributed by atoms with Crippen LogP contribution in [0.15, 0.2) is 66.7 Å². The highest BCUT2D eigenvalue weighted by molar-refractivity contribution is 5.90. The number of nitrogens with zero attached hydrogens (tertiary/aromatic N) is 1. The molecule has 0 aliphatic rings. The van der Waals surface area contributed by atoms with Gasteiger partial charge in [-0.05, 0) is 44.7 Å². The first-order valence-electron chi connectivity index (χ1n) is 10.6. The zero-order valence-electron chi connectivity index (χ0n) is 18.6. The molecule has 0 aromatic heterocycles. The Balaban J connectivity index is 1.78. The maximum absolute atomic E-state index is 13.2. The topological polar surface area (TPSA) is 58.6 Å². The third kappa shape index (κ3) is 5.85. The molecule has 3 aromatic rings. The molecule has 5 heteroatoms. The second-order valence-corrected chi connectivity index (χ2v) is 8.11. The number of fused-ring (bicyclic) bond motifs is 1. The van der Waals surface area contributed by atoms with Crippen molar-refractivity contribution in [1.29, 1.82) is 0 Å². The average Bonchev–Trinajstić information content (AvgIpc) is 2.76. The number of carbonyl (C=O) groups is 2. The molecule has 2 amide bonds. The smallest absolute Gasteiger partial charge is 0.261 e. The van der Waals surface area contributed by atoms with Gasteiger partial charge in [-0.3, -0.25) is 9.59 Å². The maximum Gasteiger partial charge on any atom is 0.261 e. The predicted octanol–water partition coefficient (Wildman–Crippen LogP) is 4.47. The van der Waals surface area contributed by atoms with E-state index >= 15 is 0 Å². The first-order valence-corrected chi connectivity index (χ1v) is 10.6. The summed E-state index contributed by atoms with van der Waals surface area (Å²) in [4.78, 5) is 27.4. The number of hydrogen-bond acceptors (Lipinski definition) is 3. The lowest BCUT2D eigenvalue weighted by Gasteiger charge is -2.29. The third-order valence-electron chi connectivity index (χ3n) is 5.17. The van der Waals surface area contributed by atoms with Crippen LogP contribution in [-0.2, 0) is 16.1 Å². The van der Waals surface area contributed by atoms with E-state index in [9.17, 15) is 9.59 Å². The quantitative estimate of drug-likeness (QED) is 0.587. The molecule has 3 rings (SSSR count). The van der Waals surface area contributed by atoms with E-state index in [1.54, 1.807) is 11.8 Å². The predicted molar refractivity (Wildman–Crippen MR) is 124 cm³/mol. The fraction of sp³-hybridized carbons (Fsp3) is 0.308. The van der Waals surface area contributed by atoms with Gasteiger partial charge in [-0.25, -0.2) is 0 Å². The fourth-order valence-corrected chi connectivity index (χ4v) is 3.42. The molecule has 31 heavy (non-hydrogen) atoms. The van der Waals surface area contributed by atoms with E-state index in [4.69, 9.17) is 4.74 Å². The lowest BCUT2D eigenvalue weighted by atomic mass is 10.1. The summed E-state index contributed by atoms with van der Waals surface area (Å²) in [5, 5.41) is 4.90. The number of aryl methyl sites for hydroxylation is 1. The molecular formula is C26H30N2O3. The maximum atomic E-state index is 13.2. The number of carbonyl (C=O) groups excluding carboxylic acids is 2. The molecule has 0 unspecified atom stereocenters. The average molecular weight is 419 g/mol. The van der Waals surface area contributed by atoms with Gasteiger partial charge in [-0.15, -0.1) is 0 Å². The lowest BCUT2D eigenvalue weighted by Crippen LogP contribution is -2.50. The van der Waals surface area contributed by atoms with Crippen molar-refractivity contribution >= 4 is 22.6 Å². The Kier molecular flexibility index (Phi) is 7.29. The molecule has 0 radical (unpaired) electrons. The van der Waals surface area contributed by atoms with Crippen LogP contribution in [0.4, 0.5) is 0 Å². The van der Waals surface area contributed by atoms with E-state index in [-0.39, 0.29) is 24.5 Å².